The Kier molecular flexibility index (Phi) is 3.50. The van der Waals surface area contributed by atoms with E-state index < -0.39 is 0 Å². The van der Waals surface area contributed by atoms with Crippen molar-refractivity contribution in [3.63, 3.8) is 0 Å². The van der Waals surface area contributed by atoms with Crippen molar-refractivity contribution in [2.45, 2.75) is 6.54 Å². The molecular weight excluding hydrogens is 272 g/mol. The zero-order chi connectivity index (χ0) is 14.8. The van der Waals surface area contributed by atoms with E-state index in [1.165, 1.54) is 24.3 Å². The zero-order valence-electron chi connectivity index (χ0n) is 11.1. The molecule has 0 bridgehead atoms. The van der Waals surface area contributed by atoms with Crippen molar-refractivity contribution in [2.75, 3.05) is 0 Å². The Morgan fingerprint density at radius 1 is 1.00 bits per heavy atom. The first-order chi connectivity index (χ1) is 10.2. The highest BCUT2D eigenvalue weighted by Gasteiger charge is 2.07. The topological polar surface area (TPSA) is 43.8 Å². The van der Waals surface area contributed by atoms with Crippen LogP contribution in [0.3, 0.4) is 0 Å². The number of rotatable bonds is 3. The number of nitrogens with two attached hydrogens (primary N) is 1. The van der Waals surface area contributed by atoms with Crippen LogP contribution >= 0.6 is 0 Å². The first-order valence-electron chi connectivity index (χ1n) is 6.46. The second kappa shape index (κ2) is 5.46. The maximum atomic E-state index is 13.6. The molecule has 2 aromatic carbocycles. The molecular formula is C16H13F2N3. The monoisotopic (exact) mass is 285 g/mol. The van der Waals surface area contributed by atoms with Gasteiger partial charge in [-0.05, 0) is 47.5 Å². The van der Waals surface area contributed by atoms with E-state index in [4.69, 9.17) is 5.73 Å². The molecule has 2 N–H and O–H groups in total. The normalized spacial score (nSPS) is 10.8. The van der Waals surface area contributed by atoms with Gasteiger partial charge in [0, 0.05) is 18.3 Å². The van der Waals surface area contributed by atoms with E-state index in [-0.39, 0.29) is 18.2 Å². The average Bonchev–Trinajstić information content (AvgIpc) is 2.96. The van der Waals surface area contributed by atoms with Crippen LogP contribution in [0.25, 0.3) is 16.8 Å². The molecule has 0 saturated heterocycles. The lowest BCUT2D eigenvalue weighted by Crippen LogP contribution is -1.97. The van der Waals surface area contributed by atoms with Gasteiger partial charge in [0.05, 0.1) is 11.9 Å². The predicted molar refractivity (Wildman–Crippen MR) is 76.8 cm³/mol. The summed E-state index contributed by atoms with van der Waals surface area (Å²) in [4.78, 5) is 0. The van der Waals surface area contributed by atoms with Crippen molar-refractivity contribution < 1.29 is 8.78 Å². The van der Waals surface area contributed by atoms with Crippen molar-refractivity contribution >= 4 is 0 Å². The number of benzene rings is 2. The number of hydrogen-bond donors (Lipinski definition) is 1. The van der Waals surface area contributed by atoms with E-state index in [0.717, 1.165) is 5.56 Å². The highest BCUT2D eigenvalue weighted by atomic mass is 19.1. The van der Waals surface area contributed by atoms with Crippen LogP contribution < -0.4 is 5.73 Å². The van der Waals surface area contributed by atoms with Crippen LogP contribution in [-0.2, 0) is 6.54 Å². The molecule has 0 saturated carbocycles. The molecule has 0 aliphatic heterocycles. The van der Waals surface area contributed by atoms with Gasteiger partial charge in [0.25, 0.3) is 0 Å². The van der Waals surface area contributed by atoms with Gasteiger partial charge in [-0.1, -0.05) is 6.07 Å². The smallest absolute Gasteiger partial charge is 0.125 e. The summed E-state index contributed by atoms with van der Waals surface area (Å²) < 4.78 is 28.3. The van der Waals surface area contributed by atoms with Gasteiger partial charge in [0.2, 0.25) is 0 Å². The van der Waals surface area contributed by atoms with Gasteiger partial charge in [-0.25, -0.2) is 13.5 Å². The molecule has 106 valence electrons. The van der Waals surface area contributed by atoms with Crippen LogP contribution in [0.15, 0.2) is 54.9 Å². The molecule has 0 radical (unpaired) electrons. The van der Waals surface area contributed by atoms with E-state index >= 15 is 0 Å². The van der Waals surface area contributed by atoms with E-state index in [0.29, 0.717) is 16.8 Å². The fourth-order valence-corrected chi connectivity index (χ4v) is 2.17. The third kappa shape index (κ3) is 2.83. The lowest BCUT2D eigenvalue weighted by Gasteiger charge is -2.03. The van der Waals surface area contributed by atoms with Gasteiger partial charge in [0.15, 0.2) is 0 Å². The Morgan fingerprint density at radius 3 is 2.62 bits per heavy atom. The molecule has 1 aromatic heterocycles. The van der Waals surface area contributed by atoms with Crippen LogP contribution in [0.2, 0.25) is 0 Å². The summed E-state index contributed by atoms with van der Waals surface area (Å²) in [5, 5.41) is 4.19. The van der Waals surface area contributed by atoms with E-state index in [9.17, 15) is 8.78 Å². The SMILES string of the molecule is NCc1cc(F)cc(-c2cnn(-c3cccc(F)c3)c2)c1. The van der Waals surface area contributed by atoms with E-state index in [1.54, 1.807) is 29.2 Å². The van der Waals surface area contributed by atoms with E-state index in [1.807, 2.05) is 6.07 Å². The molecule has 0 spiro atoms. The Labute approximate surface area is 120 Å². The predicted octanol–water partition coefficient (Wildman–Crippen LogP) is 3.28. The van der Waals surface area contributed by atoms with Crippen LogP contribution in [0.4, 0.5) is 8.78 Å². The molecule has 5 heteroatoms. The van der Waals surface area contributed by atoms with Crippen molar-refractivity contribution in [3.05, 3.63) is 72.1 Å². The molecule has 1 heterocycles. The summed E-state index contributed by atoms with van der Waals surface area (Å²) in [6, 6.07) is 10.8. The molecule has 0 unspecified atom stereocenters. The third-order valence-corrected chi connectivity index (χ3v) is 3.18. The summed E-state index contributed by atoms with van der Waals surface area (Å²) >= 11 is 0. The summed E-state index contributed by atoms with van der Waals surface area (Å²) in [5.74, 6) is -0.674. The minimum Gasteiger partial charge on any atom is -0.326 e. The van der Waals surface area contributed by atoms with Crippen molar-refractivity contribution in [1.82, 2.24) is 9.78 Å². The zero-order valence-corrected chi connectivity index (χ0v) is 11.1. The summed E-state index contributed by atoms with van der Waals surface area (Å²) in [5.41, 5.74) is 8.31. The van der Waals surface area contributed by atoms with Crippen LogP contribution in [-0.4, -0.2) is 9.78 Å². The molecule has 0 atom stereocenters. The van der Waals surface area contributed by atoms with Crippen LogP contribution in [0, 0.1) is 11.6 Å². The number of hydrogen-bond acceptors (Lipinski definition) is 2. The van der Waals surface area contributed by atoms with Gasteiger partial charge in [0.1, 0.15) is 11.6 Å². The highest BCUT2D eigenvalue weighted by molar-refractivity contribution is 5.63. The fraction of sp³-hybridized carbons (Fsp3) is 0.0625. The van der Waals surface area contributed by atoms with Gasteiger partial charge in [-0.3, -0.25) is 0 Å². The summed E-state index contributed by atoms with van der Waals surface area (Å²) in [6.07, 6.45) is 3.34. The quantitative estimate of drug-likeness (QED) is 0.802. The van der Waals surface area contributed by atoms with Crippen LogP contribution in [0.5, 0.6) is 0 Å². The fourth-order valence-electron chi connectivity index (χ4n) is 2.17. The summed E-state index contributed by atoms with van der Waals surface area (Å²) in [6.45, 7) is 0.267. The maximum absolute atomic E-state index is 13.6. The standard InChI is InChI=1S/C16H13F2N3/c17-14-2-1-3-16(7-14)21-10-13(9-20-21)12-4-11(8-19)5-15(18)6-12/h1-7,9-10H,8,19H2. The number of aromatic nitrogens is 2. The second-order valence-electron chi connectivity index (χ2n) is 4.71. The Hall–Kier alpha value is -2.53. The Balaban J connectivity index is 2.00. The Morgan fingerprint density at radius 2 is 1.86 bits per heavy atom. The van der Waals surface area contributed by atoms with Crippen molar-refractivity contribution in [3.8, 4) is 16.8 Å². The van der Waals surface area contributed by atoms with Gasteiger partial charge < -0.3 is 5.73 Å². The molecule has 0 aliphatic carbocycles. The van der Waals surface area contributed by atoms with Crippen LogP contribution in [0.1, 0.15) is 5.56 Å². The highest BCUT2D eigenvalue weighted by Crippen LogP contribution is 2.23. The third-order valence-electron chi connectivity index (χ3n) is 3.18. The lowest BCUT2D eigenvalue weighted by atomic mass is 10.1. The molecule has 3 nitrogen and oxygen atoms in total. The van der Waals surface area contributed by atoms with Crippen molar-refractivity contribution in [2.24, 2.45) is 5.73 Å². The average molecular weight is 285 g/mol. The number of halogens is 2. The first-order valence-corrected chi connectivity index (χ1v) is 6.46. The largest absolute Gasteiger partial charge is 0.326 e. The van der Waals surface area contributed by atoms with Gasteiger partial charge >= 0.3 is 0 Å². The van der Waals surface area contributed by atoms with Gasteiger partial charge in [-0.2, -0.15) is 5.10 Å². The van der Waals surface area contributed by atoms with E-state index in [2.05, 4.69) is 5.10 Å². The number of nitrogens with zero attached hydrogens (tertiary/aromatic N) is 2. The Bertz CT molecular complexity index is 781. The minimum absolute atomic E-state index is 0.267. The second-order valence-corrected chi connectivity index (χ2v) is 4.71. The van der Waals surface area contributed by atoms with Gasteiger partial charge in [-0.15, -0.1) is 0 Å². The molecule has 3 rings (SSSR count). The molecule has 0 aliphatic rings. The molecule has 3 aromatic rings. The molecule has 0 amide bonds. The minimum atomic E-state index is -0.341. The first kappa shape index (κ1) is 13.5. The van der Waals surface area contributed by atoms with Crippen molar-refractivity contribution in [1.29, 1.82) is 0 Å². The molecule has 0 fully saturated rings. The summed E-state index contributed by atoms with van der Waals surface area (Å²) in [7, 11) is 0. The maximum Gasteiger partial charge on any atom is 0.125 e. The molecule has 21 heavy (non-hydrogen) atoms. The lowest BCUT2D eigenvalue weighted by molar-refractivity contribution is 0.625.